The smallest absolute Gasteiger partial charge is 0.308 e. The number of hydrogen-bond donors (Lipinski definition) is 3. The van der Waals surface area contributed by atoms with Crippen molar-refractivity contribution in [3.63, 3.8) is 0 Å². The van der Waals surface area contributed by atoms with Gasteiger partial charge in [0, 0.05) is 13.1 Å². The Kier molecular flexibility index (Phi) is 4.56. The second-order valence-corrected chi connectivity index (χ2v) is 4.04. The average Bonchev–Trinajstić information content (AvgIpc) is 2.13. The van der Waals surface area contributed by atoms with Crippen LogP contribution in [0.1, 0.15) is 20.8 Å². The number of rotatable bonds is 5. The number of carboxylic acids is 1. The van der Waals surface area contributed by atoms with Crippen LogP contribution in [0.2, 0.25) is 0 Å². The lowest BCUT2D eigenvalue weighted by Gasteiger charge is -2.21. The van der Waals surface area contributed by atoms with E-state index < -0.39 is 17.3 Å². The molecular formula is C9H18N2O3. The molecule has 14 heavy (non-hydrogen) atoms. The van der Waals surface area contributed by atoms with Crippen LogP contribution in [0.25, 0.3) is 0 Å². The number of carboxylic acid groups (broad SMARTS) is 1. The summed E-state index contributed by atoms with van der Waals surface area (Å²) >= 11 is 0. The summed E-state index contributed by atoms with van der Waals surface area (Å²) in [4.78, 5) is 21.9. The Morgan fingerprint density at radius 3 is 2.36 bits per heavy atom. The highest BCUT2D eigenvalue weighted by Crippen LogP contribution is 2.12. The van der Waals surface area contributed by atoms with Gasteiger partial charge in [-0.3, -0.25) is 9.59 Å². The molecule has 1 amide bonds. The molecule has 4 N–H and O–H groups in total. The van der Waals surface area contributed by atoms with Crippen LogP contribution < -0.4 is 11.1 Å². The van der Waals surface area contributed by atoms with Gasteiger partial charge in [-0.25, -0.2) is 0 Å². The molecule has 0 rings (SSSR count). The maximum atomic E-state index is 11.4. The molecule has 0 aromatic carbocycles. The second kappa shape index (κ2) is 4.95. The van der Waals surface area contributed by atoms with E-state index in [4.69, 9.17) is 10.8 Å². The third-order valence-corrected chi connectivity index (χ3v) is 2.12. The zero-order chi connectivity index (χ0) is 11.4. The molecule has 5 heteroatoms. The minimum absolute atomic E-state index is 0.137. The van der Waals surface area contributed by atoms with Crippen molar-refractivity contribution in [2.75, 3.05) is 13.1 Å². The zero-order valence-electron chi connectivity index (χ0n) is 8.83. The van der Waals surface area contributed by atoms with Crippen LogP contribution in [0.15, 0.2) is 0 Å². The summed E-state index contributed by atoms with van der Waals surface area (Å²) in [6.45, 7) is 5.34. The first-order valence-electron chi connectivity index (χ1n) is 4.52. The number of amides is 1. The minimum Gasteiger partial charge on any atom is -0.481 e. The predicted molar refractivity (Wildman–Crippen MR) is 52.6 cm³/mol. The Labute approximate surface area is 83.7 Å². The number of hydrogen-bond acceptors (Lipinski definition) is 3. The van der Waals surface area contributed by atoms with Crippen LogP contribution >= 0.6 is 0 Å². The third kappa shape index (κ3) is 3.74. The Bertz CT molecular complexity index is 226. The Hall–Kier alpha value is -1.10. The molecule has 0 spiro atoms. The van der Waals surface area contributed by atoms with Gasteiger partial charge in [0.05, 0.1) is 11.3 Å². The van der Waals surface area contributed by atoms with Crippen molar-refractivity contribution in [1.29, 1.82) is 0 Å². The topological polar surface area (TPSA) is 92.4 Å². The van der Waals surface area contributed by atoms with Gasteiger partial charge in [0.15, 0.2) is 0 Å². The molecule has 1 unspecified atom stereocenters. The minimum atomic E-state index is -0.921. The molecule has 0 aliphatic rings. The first kappa shape index (κ1) is 12.9. The predicted octanol–water partition coefficient (Wildman–Crippen LogP) is -0.192. The van der Waals surface area contributed by atoms with Gasteiger partial charge in [-0.05, 0) is 13.8 Å². The molecule has 0 fully saturated rings. The fraction of sp³-hybridized carbons (Fsp3) is 0.778. The van der Waals surface area contributed by atoms with Crippen molar-refractivity contribution in [3.8, 4) is 0 Å². The first-order chi connectivity index (χ1) is 6.31. The third-order valence-electron chi connectivity index (χ3n) is 2.12. The maximum Gasteiger partial charge on any atom is 0.308 e. The molecular weight excluding hydrogens is 184 g/mol. The summed E-state index contributed by atoms with van der Waals surface area (Å²) in [5.74, 6) is -1.71. The quantitative estimate of drug-likeness (QED) is 0.576. The van der Waals surface area contributed by atoms with E-state index in [1.54, 1.807) is 13.8 Å². The first-order valence-corrected chi connectivity index (χ1v) is 4.52. The van der Waals surface area contributed by atoms with Gasteiger partial charge in [0.1, 0.15) is 0 Å². The molecule has 0 bridgehead atoms. The largest absolute Gasteiger partial charge is 0.481 e. The lowest BCUT2D eigenvalue weighted by atomic mass is 9.92. The van der Waals surface area contributed by atoms with Crippen LogP contribution in [0.4, 0.5) is 0 Å². The fourth-order valence-electron chi connectivity index (χ4n) is 0.665. The van der Waals surface area contributed by atoms with Gasteiger partial charge in [0.2, 0.25) is 5.91 Å². The van der Waals surface area contributed by atoms with Crippen molar-refractivity contribution in [3.05, 3.63) is 0 Å². The normalized spacial score (nSPS) is 13.4. The molecule has 0 aliphatic carbocycles. The van der Waals surface area contributed by atoms with Gasteiger partial charge in [0.25, 0.3) is 0 Å². The maximum absolute atomic E-state index is 11.4. The summed E-state index contributed by atoms with van der Waals surface area (Å²) in [6.07, 6.45) is 0. The Morgan fingerprint density at radius 2 is 2.00 bits per heavy atom. The number of carbonyl (C=O) groups excluding carboxylic acids is 1. The van der Waals surface area contributed by atoms with E-state index in [9.17, 15) is 9.59 Å². The number of nitrogens with one attached hydrogen (secondary N) is 1. The van der Waals surface area contributed by atoms with E-state index >= 15 is 0 Å². The van der Waals surface area contributed by atoms with Crippen LogP contribution in [-0.2, 0) is 9.59 Å². The lowest BCUT2D eigenvalue weighted by Crippen LogP contribution is -2.43. The number of carbonyl (C=O) groups is 2. The van der Waals surface area contributed by atoms with Crippen molar-refractivity contribution in [1.82, 2.24) is 5.32 Å². The fourth-order valence-corrected chi connectivity index (χ4v) is 0.665. The van der Waals surface area contributed by atoms with Gasteiger partial charge < -0.3 is 16.2 Å². The van der Waals surface area contributed by atoms with Crippen molar-refractivity contribution >= 4 is 11.9 Å². The van der Waals surface area contributed by atoms with Crippen molar-refractivity contribution in [2.45, 2.75) is 20.8 Å². The zero-order valence-corrected chi connectivity index (χ0v) is 8.83. The highest BCUT2D eigenvalue weighted by Gasteiger charge is 2.26. The second-order valence-electron chi connectivity index (χ2n) is 4.04. The summed E-state index contributed by atoms with van der Waals surface area (Å²) in [6, 6.07) is 0. The van der Waals surface area contributed by atoms with Crippen LogP contribution in [0.5, 0.6) is 0 Å². The molecule has 0 aromatic rings. The lowest BCUT2D eigenvalue weighted by molar-refractivity contribution is -0.141. The van der Waals surface area contributed by atoms with Crippen LogP contribution in [0, 0.1) is 11.3 Å². The van der Waals surface area contributed by atoms with E-state index in [-0.39, 0.29) is 19.0 Å². The van der Waals surface area contributed by atoms with Crippen molar-refractivity contribution in [2.24, 2.45) is 17.1 Å². The SMILES string of the molecule is CC(CNC(=O)C(C)(C)CN)C(=O)O. The Morgan fingerprint density at radius 1 is 1.50 bits per heavy atom. The molecule has 82 valence electrons. The van der Waals surface area contributed by atoms with E-state index in [0.717, 1.165) is 0 Å². The molecule has 0 radical (unpaired) electrons. The van der Waals surface area contributed by atoms with Crippen molar-refractivity contribution < 1.29 is 14.7 Å². The summed E-state index contributed by atoms with van der Waals surface area (Å²) < 4.78 is 0. The van der Waals surface area contributed by atoms with Gasteiger partial charge in [-0.1, -0.05) is 6.92 Å². The van der Waals surface area contributed by atoms with E-state index in [0.29, 0.717) is 0 Å². The van der Waals surface area contributed by atoms with E-state index in [2.05, 4.69) is 5.32 Å². The molecule has 0 saturated heterocycles. The summed E-state index contributed by atoms with van der Waals surface area (Å²) in [5, 5.41) is 11.1. The average molecular weight is 202 g/mol. The van der Waals surface area contributed by atoms with Crippen LogP contribution in [-0.4, -0.2) is 30.1 Å². The van der Waals surface area contributed by atoms with Crippen LogP contribution in [0.3, 0.4) is 0 Å². The molecule has 0 aliphatic heterocycles. The molecule has 1 atom stereocenters. The standard InChI is InChI=1S/C9H18N2O3/c1-6(7(12)13)4-11-8(14)9(2,3)5-10/h6H,4-5,10H2,1-3H3,(H,11,14)(H,12,13). The number of nitrogens with two attached hydrogens (primary N) is 1. The molecule has 0 heterocycles. The van der Waals surface area contributed by atoms with Gasteiger partial charge in [-0.15, -0.1) is 0 Å². The molecule has 0 aromatic heterocycles. The summed E-state index contributed by atoms with van der Waals surface area (Å²) in [7, 11) is 0. The highest BCUT2D eigenvalue weighted by molar-refractivity contribution is 5.82. The van der Waals surface area contributed by atoms with Gasteiger partial charge in [-0.2, -0.15) is 0 Å². The van der Waals surface area contributed by atoms with Gasteiger partial charge >= 0.3 is 5.97 Å². The Balaban J connectivity index is 4.03. The monoisotopic (exact) mass is 202 g/mol. The summed E-state index contributed by atoms with van der Waals surface area (Å²) in [5.41, 5.74) is 4.76. The highest BCUT2D eigenvalue weighted by atomic mass is 16.4. The van der Waals surface area contributed by atoms with E-state index in [1.165, 1.54) is 6.92 Å². The van der Waals surface area contributed by atoms with E-state index in [1.807, 2.05) is 0 Å². The number of aliphatic carboxylic acids is 1. The molecule has 0 saturated carbocycles. The molecule has 5 nitrogen and oxygen atoms in total.